The van der Waals surface area contributed by atoms with Gasteiger partial charge in [0.05, 0.1) is 0 Å². The molecule has 120 valence electrons. The fourth-order valence-electron chi connectivity index (χ4n) is 2.93. The molecule has 1 N–H and O–H groups in total. The van der Waals surface area contributed by atoms with Gasteiger partial charge in [-0.15, -0.1) is 0 Å². The quantitative estimate of drug-likeness (QED) is 0.856. The third kappa shape index (κ3) is 4.07. The highest BCUT2D eigenvalue weighted by Gasteiger charge is 2.31. The maximum Gasteiger partial charge on any atom is 0.312 e. The van der Waals surface area contributed by atoms with Crippen molar-refractivity contribution >= 4 is 11.8 Å². The van der Waals surface area contributed by atoms with Gasteiger partial charge < -0.3 is 14.9 Å². The Kier molecular flexibility index (Phi) is 5.95. The second kappa shape index (κ2) is 7.94. The molecule has 5 heteroatoms. The highest BCUT2D eigenvalue weighted by molar-refractivity contribution is 6.34. The van der Waals surface area contributed by atoms with Crippen LogP contribution in [0.4, 0.5) is 0 Å². The number of carbonyl (C=O) groups excluding carboxylic acids is 2. The molecule has 1 atom stereocenters. The maximum atomic E-state index is 12.5. The van der Waals surface area contributed by atoms with Crippen LogP contribution < -0.4 is 0 Å². The zero-order valence-corrected chi connectivity index (χ0v) is 13.1. The lowest BCUT2D eigenvalue weighted by Crippen LogP contribution is -2.50. The van der Waals surface area contributed by atoms with E-state index in [0.717, 1.165) is 24.8 Å². The monoisotopic (exact) mass is 304 g/mol. The van der Waals surface area contributed by atoms with Gasteiger partial charge in [0, 0.05) is 32.8 Å². The van der Waals surface area contributed by atoms with E-state index in [0.29, 0.717) is 19.5 Å². The van der Waals surface area contributed by atoms with E-state index >= 15 is 0 Å². The van der Waals surface area contributed by atoms with Crippen molar-refractivity contribution in [3.05, 3.63) is 35.9 Å². The van der Waals surface area contributed by atoms with Crippen LogP contribution in [-0.2, 0) is 16.1 Å². The van der Waals surface area contributed by atoms with Crippen LogP contribution in [0.3, 0.4) is 0 Å². The van der Waals surface area contributed by atoms with Gasteiger partial charge in [-0.2, -0.15) is 0 Å². The van der Waals surface area contributed by atoms with Crippen molar-refractivity contribution in [2.45, 2.75) is 38.3 Å². The first-order chi connectivity index (χ1) is 10.6. The van der Waals surface area contributed by atoms with Crippen LogP contribution >= 0.6 is 0 Å². The lowest BCUT2D eigenvalue weighted by atomic mass is 9.99. The third-order valence-electron chi connectivity index (χ3n) is 4.14. The number of rotatable bonds is 4. The predicted molar refractivity (Wildman–Crippen MR) is 84.0 cm³/mol. The van der Waals surface area contributed by atoms with Crippen LogP contribution in [0.15, 0.2) is 30.3 Å². The van der Waals surface area contributed by atoms with Gasteiger partial charge in [0.1, 0.15) is 0 Å². The fraction of sp³-hybridized carbons (Fsp3) is 0.529. The minimum absolute atomic E-state index is 0.0136. The van der Waals surface area contributed by atoms with Gasteiger partial charge in [0.15, 0.2) is 0 Å². The molecule has 0 spiro atoms. The summed E-state index contributed by atoms with van der Waals surface area (Å²) in [6.07, 6.45) is 3.37. The van der Waals surface area contributed by atoms with Crippen molar-refractivity contribution in [3.8, 4) is 0 Å². The van der Waals surface area contributed by atoms with E-state index in [4.69, 9.17) is 5.11 Å². The van der Waals surface area contributed by atoms with Crippen LogP contribution in [0.25, 0.3) is 0 Å². The third-order valence-corrected chi connectivity index (χ3v) is 4.14. The van der Waals surface area contributed by atoms with E-state index in [1.165, 1.54) is 4.90 Å². The van der Waals surface area contributed by atoms with Crippen molar-refractivity contribution in [2.75, 3.05) is 20.2 Å². The summed E-state index contributed by atoms with van der Waals surface area (Å²) in [6, 6.07) is 9.60. The molecular weight excluding hydrogens is 280 g/mol. The van der Waals surface area contributed by atoms with Crippen molar-refractivity contribution in [1.29, 1.82) is 0 Å². The number of amides is 2. The average Bonchev–Trinajstić information content (AvgIpc) is 2.55. The molecule has 0 radical (unpaired) electrons. The van der Waals surface area contributed by atoms with Gasteiger partial charge in [0.25, 0.3) is 0 Å². The minimum Gasteiger partial charge on any atom is -0.396 e. The normalized spacial score (nSPS) is 18.1. The Bertz CT molecular complexity index is 502. The molecule has 1 heterocycles. The number of carbonyl (C=O) groups is 2. The van der Waals surface area contributed by atoms with Gasteiger partial charge in [-0.3, -0.25) is 9.59 Å². The van der Waals surface area contributed by atoms with Gasteiger partial charge in [-0.05, 0) is 31.2 Å². The zero-order chi connectivity index (χ0) is 15.9. The molecule has 1 saturated heterocycles. The Morgan fingerprint density at radius 1 is 1.27 bits per heavy atom. The van der Waals surface area contributed by atoms with Crippen LogP contribution in [0.2, 0.25) is 0 Å². The van der Waals surface area contributed by atoms with Crippen LogP contribution in [-0.4, -0.2) is 53.0 Å². The number of benzene rings is 1. The number of piperidine rings is 1. The van der Waals surface area contributed by atoms with Crippen molar-refractivity contribution in [2.24, 2.45) is 0 Å². The van der Waals surface area contributed by atoms with Crippen LogP contribution in [0.1, 0.15) is 31.2 Å². The Balaban J connectivity index is 1.99. The topological polar surface area (TPSA) is 60.9 Å². The average molecular weight is 304 g/mol. The number of aliphatic hydroxyl groups excluding tert-OH is 1. The number of hydrogen-bond acceptors (Lipinski definition) is 3. The highest BCUT2D eigenvalue weighted by atomic mass is 16.3. The molecule has 0 bridgehead atoms. The molecule has 22 heavy (non-hydrogen) atoms. The summed E-state index contributed by atoms with van der Waals surface area (Å²) in [7, 11) is 1.65. The zero-order valence-electron chi connectivity index (χ0n) is 13.1. The van der Waals surface area contributed by atoms with Crippen LogP contribution in [0.5, 0.6) is 0 Å². The van der Waals surface area contributed by atoms with E-state index < -0.39 is 11.8 Å². The first-order valence-corrected chi connectivity index (χ1v) is 7.84. The summed E-state index contributed by atoms with van der Waals surface area (Å²) in [6.45, 7) is 1.07. The maximum absolute atomic E-state index is 12.5. The molecular formula is C17H24N2O3. The summed E-state index contributed by atoms with van der Waals surface area (Å²) in [4.78, 5) is 27.9. The fourth-order valence-corrected chi connectivity index (χ4v) is 2.93. The minimum atomic E-state index is -0.478. The van der Waals surface area contributed by atoms with E-state index in [2.05, 4.69) is 0 Å². The second-order valence-electron chi connectivity index (χ2n) is 5.81. The molecule has 1 aromatic carbocycles. The van der Waals surface area contributed by atoms with Crippen molar-refractivity contribution < 1.29 is 14.7 Å². The summed E-state index contributed by atoms with van der Waals surface area (Å²) < 4.78 is 0. The molecule has 2 rings (SSSR count). The van der Waals surface area contributed by atoms with Gasteiger partial charge >= 0.3 is 11.8 Å². The lowest BCUT2D eigenvalue weighted by molar-refractivity contribution is -0.153. The SMILES string of the molecule is CN(Cc1ccccc1)C(=O)C(=O)N1CCCCC1CCO. The van der Waals surface area contributed by atoms with E-state index in [1.54, 1.807) is 11.9 Å². The van der Waals surface area contributed by atoms with E-state index in [1.807, 2.05) is 30.3 Å². The van der Waals surface area contributed by atoms with Gasteiger partial charge in [-0.1, -0.05) is 30.3 Å². The van der Waals surface area contributed by atoms with E-state index in [9.17, 15) is 9.59 Å². The van der Waals surface area contributed by atoms with E-state index in [-0.39, 0.29) is 12.6 Å². The molecule has 0 saturated carbocycles. The molecule has 1 aliphatic rings. The molecule has 1 aromatic rings. The molecule has 0 aromatic heterocycles. The lowest BCUT2D eigenvalue weighted by Gasteiger charge is -2.35. The van der Waals surface area contributed by atoms with Crippen molar-refractivity contribution in [3.63, 3.8) is 0 Å². The van der Waals surface area contributed by atoms with Crippen molar-refractivity contribution in [1.82, 2.24) is 9.80 Å². The number of nitrogens with zero attached hydrogens (tertiary/aromatic N) is 2. The first-order valence-electron chi connectivity index (χ1n) is 7.84. The summed E-state index contributed by atoms with van der Waals surface area (Å²) in [5.41, 5.74) is 0.997. The summed E-state index contributed by atoms with van der Waals surface area (Å²) in [5.74, 6) is -0.926. The standard InChI is InChI=1S/C17H24N2O3/c1-18(13-14-7-3-2-4-8-14)16(21)17(22)19-11-6-5-9-15(19)10-12-20/h2-4,7-8,15,20H,5-6,9-13H2,1H3. The highest BCUT2D eigenvalue weighted by Crippen LogP contribution is 2.20. The van der Waals surface area contributed by atoms with Crippen LogP contribution in [0, 0.1) is 0 Å². The number of hydrogen-bond donors (Lipinski definition) is 1. The van der Waals surface area contributed by atoms with Gasteiger partial charge in [-0.25, -0.2) is 0 Å². The molecule has 5 nitrogen and oxygen atoms in total. The number of aliphatic hydroxyl groups is 1. The molecule has 1 aliphatic heterocycles. The van der Waals surface area contributed by atoms with Gasteiger partial charge in [0.2, 0.25) is 0 Å². The molecule has 2 amide bonds. The molecule has 1 unspecified atom stereocenters. The predicted octanol–water partition coefficient (Wildman–Crippen LogP) is 1.41. The second-order valence-corrected chi connectivity index (χ2v) is 5.81. The molecule has 0 aliphatic carbocycles. The summed E-state index contributed by atoms with van der Waals surface area (Å²) >= 11 is 0. The largest absolute Gasteiger partial charge is 0.396 e. The Hall–Kier alpha value is -1.88. The Morgan fingerprint density at radius 3 is 2.68 bits per heavy atom. The first kappa shape index (κ1) is 16.5. The Labute approximate surface area is 131 Å². The number of likely N-dealkylation sites (N-methyl/N-ethyl adjacent to an activating group) is 1. The Morgan fingerprint density at radius 2 is 2.00 bits per heavy atom. The number of likely N-dealkylation sites (tertiary alicyclic amines) is 1. The smallest absolute Gasteiger partial charge is 0.312 e. The summed E-state index contributed by atoms with van der Waals surface area (Å²) in [5, 5.41) is 9.13. The molecule has 1 fully saturated rings.